The highest BCUT2D eigenvalue weighted by molar-refractivity contribution is 7.13. The number of rotatable bonds is 2. The van der Waals surface area contributed by atoms with E-state index in [4.69, 9.17) is 10.5 Å². The lowest BCUT2D eigenvalue weighted by Crippen LogP contribution is -2.36. The van der Waals surface area contributed by atoms with E-state index in [-0.39, 0.29) is 6.42 Å². The molecule has 5 nitrogen and oxygen atoms in total. The maximum absolute atomic E-state index is 10.5. The first-order valence-corrected chi connectivity index (χ1v) is 6.19. The van der Waals surface area contributed by atoms with Gasteiger partial charge in [0.15, 0.2) is 5.13 Å². The summed E-state index contributed by atoms with van der Waals surface area (Å²) in [4.78, 5) is 17.1. The van der Waals surface area contributed by atoms with Crippen LogP contribution in [0.5, 0.6) is 0 Å². The van der Waals surface area contributed by atoms with Crippen molar-refractivity contribution in [3.63, 3.8) is 0 Å². The van der Waals surface area contributed by atoms with Crippen LogP contribution in [0.2, 0.25) is 0 Å². The van der Waals surface area contributed by atoms with Gasteiger partial charge in [-0.3, -0.25) is 4.79 Å². The van der Waals surface area contributed by atoms with Crippen LogP contribution in [0.1, 0.15) is 12.1 Å². The van der Waals surface area contributed by atoms with Gasteiger partial charge in [-0.05, 0) is 5.92 Å². The van der Waals surface area contributed by atoms with Gasteiger partial charge in [-0.15, -0.1) is 11.3 Å². The fraction of sp³-hybridized carbons (Fsp3) is 0.455. The number of nitrogens with zero attached hydrogens (tertiary/aromatic N) is 2. The van der Waals surface area contributed by atoms with Crippen LogP contribution in [-0.4, -0.2) is 37.2 Å². The van der Waals surface area contributed by atoms with E-state index in [2.05, 4.69) is 21.7 Å². The average molecular weight is 251 g/mol. The third-order valence-electron chi connectivity index (χ3n) is 2.25. The lowest BCUT2D eigenvalue weighted by molar-refractivity contribution is -0.117. The normalized spacial score (nSPS) is 15.2. The average Bonchev–Trinajstić information content (AvgIpc) is 2.78. The van der Waals surface area contributed by atoms with E-state index in [1.54, 1.807) is 11.3 Å². The summed E-state index contributed by atoms with van der Waals surface area (Å²) in [7, 11) is 0. The summed E-state index contributed by atoms with van der Waals surface area (Å²) in [6.07, 6.45) is 0.0738. The molecule has 6 heteroatoms. The number of primary amides is 1. The van der Waals surface area contributed by atoms with Gasteiger partial charge >= 0.3 is 0 Å². The molecule has 1 saturated heterocycles. The number of thiazole rings is 1. The molecule has 0 spiro atoms. The van der Waals surface area contributed by atoms with Gasteiger partial charge in [0.1, 0.15) is 5.69 Å². The lowest BCUT2D eigenvalue weighted by atomic mass is 10.4. The van der Waals surface area contributed by atoms with Gasteiger partial charge in [0.2, 0.25) is 5.91 Å². The Balaban J connectivity index is 1.99. The zero-order valence-corrected chi connectivity index (χ0v) is 10.1. The van der Waals surface area contributed by atoms with Crippen molar-refractivity contribution in [3.8, 4) is 11.8 Å². The first-order valence-electron chi connectivity index (χ1n) is 5.31. The van der Waals surface area contributed by atoms with Crippen LogP contribution in [0.25, 0.3) is 0 Å². The van der Waals surface area contributed by atoms with E-state index >= 15 is 0 Å². The highest BCUT2D eigenvalue weighted by Crippen LogP contribution is 2.20. The lowest BCUT2D eigenvalue weighted by Gasteiger charge is -2.25. The molecule has 0 unspecified atom stereocenters. The zero-order chi connectivity index (χ0) is 12.1. The van der Waals surface area contributed by atoms with Crippen LogP contribution in [0.15, 0.2) is 5.38 Å². The first kappa shape index (κ1) is 11.9. The van der Waals surface area contributed by atoms with E-state index in [0.717, 1.165) is 31.4 Å². The molecule has 2 heterocycles. The third-order valence-corrected chi connectivity index (χ3v) is 3.15. The molecule has 0 aliphatic carbocycles. The van der Waals surface area contributed by atoms with Crippen molar-refractivity contribution >= 4 is 22.4 Å². The molecule has 0 saturated carbocycles. The molecule has 90 valence electrons. The topological polar surface area (TPSA) is 68.5 Å². The molecule has 2 rings (SSSR count). The molecule has 0 aromatic carbocycles. The van der Waals surface area contributed by atoms with Crippen molar-refractivity contribution in [2.24, 2.45) is 5.73 Å². The Kier molecular flexibility index (Phi) is 3.96. The monoisotopic (exact) mass is 251 g/mol. The number of hydrogen-bond donors (Lipinski definition) is 1. The van der Waals surface area contributed by atoms with Gasteiger partial charge in [-0.1, -0.05) is 5.92 Å². The second kappa shape index (κ2) is 5.66. The van der Waals surface area contributed by atoms with Crippen molar-refractivity contribution in [1.82, 2.24) is 4.98 Å². The molecule has 1 fully saturated rings. The summed E-state index contributed by atoms with van der Waals surface area (Å²) in [6.45, 7) is 3.20. The number of carbonyl (C=O) groups excluding carboxylic acids is 1. The Morgan fingerprint density at radius 1 is 1.59 bits per heavy atom. The number of aromatic nitrogens is 1. The Morgan fingerprint density at radius 2 is 2.35 bits per heavy atom. The molecule has 0 atom stereocenters. The van der Waals surface area contributed by atoms with Crippen molar-refractivity contribution in [1.29, 1.82) is 0 Å². The van der Waals surface area contributed by atoms with Crippen LogP contribution >= 0.6 is 11.3 Å². The van der Waals surface area contributed by atoms with Gasteiger partial charge in [-0.25, -0.2) is 4.98 Å². The SMILES string of the molecule is NC(=O)CC#Cc1csc(N2CCOCC2)n1. The summed E-state index contributed by atoms with van der Waals surface area (Å²) >= 11 is 1.56. The van der Waals surface area contributed by atoms with Crippen molar-refractivity contribution in [3.05, 3.63) is 11.1 Å². The van der Waals surface area contributed by atoms with Crippen LogP contribution in [-0.2, 0) is 9.53 Å². The minimum Gasteiger partial charge on any atom is -0.378 e. The minimum absolute atomic E-state index is 0.0738. The van der Waals surface area contributed by atoms with Gasteiger partial charge in [0.25, 0.3) is 0 Å². The van der Waals surface area contributed by atoms with Crippen LogP contribution < -0.4 is 10.6 Å². The maximum atomic E-state index is 10.5. The van der Waals surface area contributed by atoms with Crippen molar-refractivity contribution in [2.45, 2.75) is 6.42 Å². The Hall–Kier alpha value is -1.58. The summed E-state index contributed by atoms with van der Waals surface area (Å²) in [5.74, 6) is 5.10. The van der Waals surface area contributed by atoms with Crippen LogP contribution in [0.3, 0.4) is 0 Å². The predicted molar refractivity (Wildman–Crippen MR) is 65.8 cm³/mol. The number of anilines is 1. The van der Waals surface area contributed by atoms with Crippen molar-refractivity contribution in [2.75, 3.05) is 31.2 Å². The van der Waals surface area contributed by atoms with E-state index in [9.17, 15) is 4.79 Å². The zero-order valence-electron chi connectivity index (χ0n) is 9.31. The van der Waals surface area contributed by atoms with Gasteiger partial charge < -0.3 is 15.4 Å². The fourth-order valence-electron chi connectivity index (χ4n) is 1.44. The largest absolute Gasteiger partial charge is 0.378 e. The Morgan fingerprint density at radius 3 is 3.06 bits per heavy atom. The predicted octanol–water partition coefficient (Wildman–Crippen LogP) is 0.207. The van der Waals surface area contributed by atoms with E-state index < -0.39 is 5.91 Å². The Bertz CT molecular complexity index is 455. The van der Waals surface area contributed by atoms with E-state index in [0.29, 0.717) is 5.69 Å². The quantitative estimate of drug-likeness (QED) is 0.763. The van der Waals surface area contributed by atoms with Gasteiger partial charge in [-0.2, -0.15) is 0 Å². The highest BCUT2D eigenvalue weighted by Gasteiger charge is 2.13. The molecule has 1 aliphatic rings. The number of amides is 1. The summed E-state index contributed by atoms with van der Waals surface area (Å²) in [5.41, 5.74) is 5.69. The molecule has 17 heavy (non-hydrogen) atoms. The third kappa shape index (κ3) is 3.44. The summed E-state index contributed by atoms with van der Waals surface area (Å²) in [6, 6.07) is 0. The number of hydrogen-bond acceptors (Lipinski definition) is 5. The summed E-state index contributed by atoms with van der Waals surface area (Å²) < 4.78 is 5.28. The first-order chi connectivity index (χ1) is 8.25. The van der Waals surface area contributed by atoms with E-state index in [1.807, 2.05) is 5.38 Å². The molecule has 1 aliphatic heterocycles. The number of ether oxygens (including phenoxy) is 1. The molecule has 2 N–H and O–H groups in total. The molecule has 1 aromatic heterocycles. The smallest absolute Gasteiger partial charge is 0.229 e. The Labute approximate surface area is 104 Å². The molecular formula is C11H13N3O2S. The standard InChI is InChI=1S/C11H13N3O2S/c12-10(15)3-1-2-9-8-17-11(13-9)14-4-6-16-7-5-14/h8H,3-7H2,(H2,12,15). The number of carbonyl (C=O) groups is 1. The van der Waals surface area contributed by atoms with E-state index in [1.165, 1.54) is 0 Å². The number of morpholine rings is 1. The molecule has 0 radical (unpaired) electrons. The summed E-state index contributed by atoms with van der Waals surface area (Å²) in [5, 5.41) is 2.84. The second-order valence-corrected chi connectivity index (χ2v) is 4.40. The van der Waals surface area contributed by atoms with Crippen LogP contribution in [0, 0.1) is 11.8 Å². The van der Waals surface area contributed by atoms with Gasteiger partial charge in [0.05, 0.1) is 19.6 Å². The second-order valence-electron chi connectivity index (χ2n) is 3.56. The minimum atomic E-state index is -0.416. The molecule has 0 bridgehead atoms. The van der Waals surface area contributed by atoms with Crippen molar-refractivity contribution < 1.29 is 9.53 Å². The number of nitrogens with two attached hydrogens (primary N) is 1. The fourth-order valence-corrected chi connectivity index (χ4v) is 2.25. The molecule has 1 aromatic rings. The van der Waals surface area contributed by atoms with Gasteiger partial charge in [0, 0.05) is 18.5 Å². The van der Waals surface area contributed by atoms with Crippen LogP contribution in [0.4, 0.5) is 5.13 Å². The molecule has 1 amide bonds. The maximum Gasteiger partial charge on any atom is 0.229 e. The highest BCUT2D eigenvalue weighted by atomic mass is 32.1. The molecular weight excluding hydrogens is 238 g/mol.